The molecule has 0 bridgehead atoms. The number of carbonyl (C=O) groups is 3. The third-order valence-corrected chi connectivity index (χ3v) is 3.55. The molecule has 0 spiro atoms. The average molecular weight is 299 g/mol. The van der Waals surface area contributed by atoms with Crippen molar-refractivity contribution in [3.8, 4) is 0 Å². The fourth-order valence-electron chi connectivity index (χ4n) is 2.29. The van der Waals surface area contributed by atoms with Crippen molar-refractivity contribution in [3.05, 3.63) is 0 Å². The average Bonchev–Trinajstić information content (AvgIpc) is 2.45. The van der Waals surface area contributed by atoms with Gasteiger partial charge in [-0.25, -0.2) is 9.59 Å². The predicted octanol–water partition coefficient (Wildman–Crippen LogP) is 0.797. The molecule has 0 aliphatic carbocycles. The van der Waals surface area contributed by atoms with E-state index in [0.717, 1.165) is 32.4 Å². The van der Waals surface area contributed by atoms with Crippen LogP contribution in [-0.2, 0) is 9.59 Å². The predicted molar refractivity (Wildman–Crippen MR) is 77.8 cm³/mol. The molecule has 7 nitrogen and oxygen atoms in total. The number of carboxylic acid groups (broad SMARTS) is 1. The fraction of sp³-hybridized carbons (Fsp3) is 0.786. The number of carbonyl (C=O) groups excluding carboxylic acids is 2. The molecule has 3 N–H and O–H groups in total. The van der Waals surface area contributed by atoms with Gasteiger partial charge in [0.25, 0.3) is 0 Å². The first kappa shape index (κ1) is 17.3. The van der Waals surface area contributed by atoms with E-state index in [9.17, 15) is 14.4 Å². The van der Waals surface area contributed by atoms with Gasteiger partial charge in [0.1, 0.15) is 6.04 Å². The molecule has 0 aromatic rings. The summed E-state index contributed by atoms with van der Waals surface area (Å²) < 4.78 is 0. The van der Waals surface area contributed by atoms with E-state index in [1.807, 2.05) is 4.90 Å². The number of urea groups is 1. The fourth-order valence-corrected chi connectivity index (χ4v) is 2.29. The molecule has 1 aliphatic heterocycles. The molecule has 1 fully saturated rings. The van der Waals surface area contributed by atoms with Crippen LogP contribution in [0.5, 0.6) is 0 Å². The normalized spacial score (nSPS) is 16.4. The van der Waals surface area contributed by atoms with Crippen molar-refractivity contribution in [1.82, 2.24) is 15.5 Å². The van der Waals surface area contributed by atoms with Gasteiger partial charge in [-0.05, 0) is 25.2 Å². The minimum absolute atomic E-state index is 0.0358. The van der Waals surface area contributed by atoms with Crippen LogP contribution in [0.1, 0.15) is 39.5 Å². The van der Waals surface area contributed by atoms with Crippen LogP contribution >= 0.6 is 0 Å². The molecule has 1 heterocycles. The van der Waals surface area contributed by atoms with Crippen LogP contribution in [0.3, 0.4) is 0 Å². The Morgan fingerprint density at radius 1 is 1.14 bits per heavy atom. The number of amides is 3. The van der Waals surface area contributed by atoms with Crippen LogP contribution in [0.25, 0.3) is 0 Å². The topological polar surface area (TPSA) is 98.7 Å². The van der Waals surface area contributed by atoms with Crippen LogP contribution in [0.4, 0.5) is 4.79 Å². The minimum Gasteiger partial charge on any atom is -0.480 e. The zero-order chi connectivity index (χ0) is 15.8. The highest BCUT2D eigenvalue weighted by Gasteiger charge is 2.23. The molecule has 120 valence electrons. The summed E-state index contributed by atoms with van der Waals surface area (Å²) in [4.78, 5) is 36.3. The molecular weight excluding hydrogens is 274 g/mol. The van der Waals surface area contributed by atoms with E-state index >= 15 is 0 Å². The monoisotopic (exact) mass is 299 g/mol. The highest BCUT2D eigenvalue weighted by molar-refractivity contribution is 5.83. The maximum Gasteiger partial charge on any atom is 0.326 e. The Labute approximate surface area is 125 Å². The number of rotatable bonds is 6. The maximum atomic E-state index is 11.9. The zero-order valence-corrected chi connectivity index (χ0v) is 12.7. The summed E-state index contributed by atoms with van der Waals surface area (Å²) in [6, 6.07) is -1.48. The first-order valence-electron chi connectivity index (χ1n) is 7.46. The highest BCUT2D eigenvalue weighted by Crippen LogP contribution is 2.09. The van der Waals surface area contributed by atoms with Gasteiger partial charge >= 0.3 is 12.0 Å². The Bertz CT molecular complexity index is 378. The molecule has 1 atom stereocenters. The summed E-state index contributed by atoms with van der Waals surface area (Å²) in [6.45, 7) is 5.24. The third kappa shape index (κ3) is 6.01. The van der Waals surface area contributed by atoms with Gasteiger partial charge in [-0.3, -0.25) is 4.79 Å². The Morgan fingerprint density at radius 3 is 2.29 bits per heavy atom. The first-order chi connectivity index (χ1) is 9.91. The lowest BCUT2D eigenvalue weighted by Gasteiger charge is -2.26. The number of aliphatic carboxylic acids is 1. The van der Waals surface area contributed by atoms with Crippen molar-refractivity contribution in [3.63, 3.8) is 0 Å². The van der Waals surface area contributed by atoms with Crippen molar-refractivity contribution >= 4 is 17.9 Å². The maximum absolute atomic E-state index is 11.9. The van der Waals surface area contributed by atoms with Crippen molar-refractivity contribution < 1.29 is 19.5 Å². The van der Waals surface area contributed by atoms with Crippen LogP contribution in [-0.4, -0.2) is 53.6 Å². The number of piperidine rings is 1. The number of carboxylic acids is 1. The second-order valence-corrected chi connectivity index (χ2v) is 5.65. The highest BCUT2D eigenvalue weighted by atomic mass is 16.4. The smallest absolute Gasteiger partial charge is 0.326 e. The SMILES string of the molecule is CC(C)C(NC(=O)NCCC(=O)N1CCCCC1)C(=O)O. The molecule has 0 aromatic carbocycles. The van der Waals surface area contributed by atoms with Crippen LogP contribution < -0.4 is 10.6 Å². The molecule has 0 radical (unpaired) electrons. The number of likely N-dealkylation sites (tertiary alicyclic amines) is 1. The van der Waals surface area contributed by atoms with E-state index in [1.165, 1.54) is 0 Å². The largest absolute Gasteiger partial charge is 0.480 e. The van der Waals surface area contributed by atoms with E-state index in [1.54, 1.807) is 13.8 Å². The van der Waals surface area contributed by atoms with Gasteiger partial charge in [-0.2, -0.15) is 0 Å². The Morgan fingerprint density at radius 2 is 1.76 bits per heavy atom. The van der Waals surface area contributed by atoms with Gasteiger partial charge in [0, 0.05) is 26.1 Å². The van der Waals surface area contributed by atoms with Crippen molar-refractivity contribution in [2.75, 3.05) is 19.6 Å². The van der Waals surface area contributed by atoms with Gasteiger partial charge < -0.3 is 20.6 Å². The van der Waals surface area contributed by atoms with Crippen molar-refractivity contribution in [2.45, 2.75) is 45.6 Å². The molecule has 1 saturated heterocycles. The Balaban J connectivity index is 2.26. The van der Waals surface area contributed by atoms with Gasteiger partial charge in [-0.1, -0.05) is 13.8 Å². The summed E-state index contributed by atoms with van der Waals surface area (Å²) in [5.41, 5.74) is 0. The number of nitrogens with zero attached hydrogens (tertiary/aromatic N) is 1. The van der Waals surface area contributed by atoms with E-state index in [2.05, 4.69) is 10.6 Å². The molecule has 1 rings (SSSR count). The van der Waals surface area contributed by atoms with Gasteiger partial charge in [0.2, 0.25) is 5.91 Å². The zero-order valence-electron chi connectivity index (χ0n) is 12.7. The second-order valence-electron chi connectivity index (χ2n) is 5.65. The lowest BCUT2D eigenvalue weighted by molar-refractivity contribution is -0.140. The molecule has 1 aliphatic rings. The molecule has 3 amide bonds. The van der Waals surface area contributed by atoms with Gasteiger partial charge in [-0.15, -0.1) is 0 Å². The minimum atomic E-state index is -1.07. The Kier molecular flexibility index (Phi) is 6.98. The number of hydrogen-bond donors (Lipinski definition) is 3. The molecule has 0 aromatic heterocycles. The van der Waals surface area contributed by atoms with Gasteiger partial charge in [0.05, 0.1) is 0 Å². The van der Waals surface area contributed by atoms with E-state index in [-0.39, 0.29) is 24.8 Å². The molecular formula is C14H25N3O4. The van der Waals surface area contributed by atoms with E-state index in [4.69, 9.17) is 5.11 Å². The van der Waals surface area contributed by atoms with Gasteiger partial charge in [0.15, 0.2) is 0 Å². The summed E-state index contributed by atoms with van der Waals surface area (Å²) in [5.74, 6) is -1.23. The van der Waals surface area contributed by atoms with Crippen molar-refractivity contribution in [1.29, 1.82) is 0 Å². The number of hydrogen-bond acceptors (Lipinski definition) is 3. The lowest BCUT2D eigenvalue weighted by atomic mass is 10.1. The third-order valence-electron chi connectivity index (χ3n) is 3.55. The van der Waals surface area contributed by atoms with E-state index < -0.39 is 18.0 Å². The second kappa shape index (κ2) is 8.49. The van der Waals surface area contributed by atoms with Crippen molar-refractivity contribution in [2.24, 2.45) is 5.92 Å². The van der Waals surface area contributed by atoms with Crippen LogP contribution in [0, 0.1) is 5.92 Å². The standard InChI is InChI=1S/C14H25N3O4/c1-10(2)12(13(19)20)16-14(21)15-7-6-11(18)17-8-4-3-5-9-17/h10,12H,3-9H2,1-2H3,(H,19,20)(H2,15,16,21). The van der Waals surface area contributed by atoms with Crippen LogP contribution in [0.15, 0.2) is 0 Å². The summed E-state index contributed by atoms with van der Waals surface area (Å²) in [7, 11) is 0. The quantitative estimate of drug-likeness (QED) is 0.675. The number of nitrogens with one attached hydrogen (secondary N) is 2. The Hall–Kier alpha value is -1.79. The van der Waals surface area contributed by atoms with Crippen LogP contribution in [0.2, 0.25) is 0 Å². The molecule has 21 heavy (non-hydrogen) atoms. The first-order valence-corrected chi connectivity index (χ1v) is 7.46. The summed E-state index contributed by atoms with van der Waals surface area (Å²) >= 11 is 0. The van der Waals surface area contributed by atoms with E-state index in [0.29, 0.717) is 0 Å². The molecule has 0 saturated carbocycles. The summed E-state index contributed by atoms with van der Waals surface area (Å²) in [5, 5.41) is 13.9. The summed E-state index contributed by atoms with van der Waals surface area (Å²) in [6.07, 6.45) is 3.48. The molecule has 7 heteroatoms. The lowest BCUT2D eigenvalue weighted by Crippen LogP contribution is -2.49. The molecule has 1 unspecified atom stereocenters.